The van der Waals surface area contributed by atoms with Gasteiger partial charge in [-0.3, -0.25) is 9.59 Å². The van der Waals surface area contributed by atoms with Gasteiger partial charge in [0.05, 0.1) is 18.4 Å². The minimum Gasteiger partial charge on any atom is -0.497 e. The zero-order valence-corrected chi connectivity index (χ0v) is 19.1. The van der Waals surface area contributed by atoms with E-state index in [0.29, 0.717) is 23.6 Å². The van der Waals surface area contributed by atoms with Gasteiger partial charge in [0.25, 0.3) is 5.91 Å². The Morgan fingerprint density at radius 3 is 2.38 bits per heavy atom. The molecule has 1 heterocycles. The second-order valence-electron chi connectivity index (χ2n) is 7.80. The molecule has 1 unspecified atom stereocenters. The van der Waals surface area contributed by atoms with Crippen LogP contribution in [0.5, 0.6) is 5.75 Å². The minimum atomic E-state index is -0.727. The van der Waals surface area contributed by atoms with Gasteiger partial charge in [-0.05, 0) is 36.8 Å². The van der Waals surface area contributed by atoms with Gasteiger partial charge in [0.1, 0.15) is 17.5 Å². The van der Waals surface area contributed by atoms with Gasteiger partial charge in [-0.2, -0.15) is 5.10 Å². The van der Waals surface area contributed by atoms with Gasteiger partial charge >= 0.3 is 0 Å². The van der Waals surface area contributed by atoms with Crippen molar-refractivity contribution >= 4 is 11.8 Å². The lowest BCUT2D eigenvalue weighted by atomic mass is 10.1. The number of aromatic nitrogens is 2. The molecule has 4 rings (SSSR count). The third-order valence-electron chi connectivity index (χ3n) is 5.37. The van der Waals surface area contributed by atoms with Gasteiger partial charge in [0.2, 0.25) is 5.91 Å². The maximum absolute atomic E-state index is 13.3. The number of ether oxygens (including phenoxy) is 1. The highest BCUT2D eigenvalue weighted by Gasteiger charge is 2.22. The van der Waals surface area contributed by atoms with Crippen LogP contribution in [0, 0.1) is 0 Å². The molecule has 0 bridgehead atoms. The van der Waals surface area contributed by atoms with E-state index < -0.39 is 6.04 Å². The SMILES string of the molecule is COc1cccc(-c2nn(-c3ccccc3)cc2C(=O)NC(C)C(=O)NCc2ccccc2)c1. The fourth-order valence-electron chi connectivity index (χ4n) is 3.51. The molecule has 0 saturated heterocycles. The van der Waals surface area contributed by atoms with Crippen molar-refractivity contribution in [3.8, 4) is 22.7 Å². The lowest BCUT2D eigenvalue weighted by Gasteiger charge is -2.14. The number of para-hydroxylation sites is 1. The number of methoxy groups -OCH3 is 1. The summed E-state index contributed by atoms with van der Waals surface area (Å²) in [5, 5.41) is 10.3. The van der Waals surface area contributed by atoms with Crippen molar-refractivity contribution in [2.24, 2.45) is 0 Å². The van der Waals surface area contributed by atoms with Crippen molar-refractivity contribution in [1.29, 1.82) is 0 Å². The second kappa shape index (κ2) is 10.5. The third-order valence-corrected chi connectivity index (χ3v) is 5.37. The molecule has 1 aromatic heterocycles. The highest BCUT2D eigenvalue weighted by molar-refractivity contribution is 6.02. The fraction of sp³-hybridized carbons (Fsp3) is 0.148. The zero-order valence-electron chi connectivity index (χ0n) is 19.1. The Hall–Kier alpha value is -4.39. The number of benzene rings is 3. The zero-order chi connectivity index (χ0) is 23.9. The van der Waals surface area contributed by atoms with Crippen LogP contribution in [0.1, 0.15) is 22.8 Å². The molecule has 3 aromatic carbocycles. The molecule has 0 fully saturated rings. The number of carbonyl (C=O) groups is 2. The smallest absolute Gasteiger partial charge is 0.255 e. The van der Waals surface area contributed by atoms with Crippen LogP contribution >= 0.6 is 0 Å². The summed E-state index contributed by atoms with van der Waals surface area (Å²) in [5.41, 5.74) is 3.40. The first-order valence-electron chi connectivity index (χ1n) is 11.0. The van der Waals surface area contributed by atoms with Crippen molar-refractivity contribution in [2.75, 3.05) is 7.11 Å². The van der Waals surface area contributed by atoms with Crippen LogP contribution in [0.4, 0.5) is 0 Å². The van der Waals surface area contributed by atoms with Gasteiger partial charge in [-0.1, -0.05) is 60.7 Å². The number of nitrogens with one attached hydrogen (secondary N) is 2. The summed E-state index contributed by atoms with van der Waals surface area (Å²) >= 11 is 0. The first-order chi connectivity index (χ1) is 16.5. The second-order valence-corrected chi connectivity index (χ2v) is 7.80. The summed E-state index contributed by atoms with van der Waals surface area (Å²) in [4.78, 5) is 25.8. The van der Waals surface area contributed by atoms with Crippen LogP contribution in [0.2, 0.25) is 0 Å². The molecule has 34 heavy (non-hydrogen) atoms. The van der Waals surface area contributed by atoms with E-state index in [4.69, 9.17) is 4.74 Å². The van der Waals surface area contributed by atoms with Crippen LogP contribution in [0.15, 0.2) is 91.1 Å². The molecule has 0 saturated carbocycles. The summed E-state index contributed by atoms with van der Waals surface area (Å²) in [6, 6.07) is 25.8. The summed E-state index contributed by atoms with van der Waals surface area (Å²) in [6.45, 7) is 2.05. The molecule has 7 heteroatoms. The topological polar surface area (TPSA) is 85.2 Å². The van der Waals surface area contributed by atoms with E-state index in [-0.39, 0.29) is 11.8 Å². The molecule has 2 amide bonds. The van der Waals surface area contributed by atoms with Crippen LogP contribution in [-0.4, -0.2) is 34.7 Å². The van der Waals surface area contributed by atoms with Crippen molar-refractivity contribution < 1.29 is 14.3 Å². The predicted molar refractivity (Wildman–Crippen MR) is 131 cm³/mol. The predicted octanol–water partition coefficient (Wildman–Crippen LogP) is 3.98. The van der Waals surface area contributed by atoms with Crippen molar-refractivity contribution in [3.63, 3.8) is 0 Å². The molecule has 2 N–H and O–H groups in total. The van der Waals surface area contributed by atoms with Gasteiger partial charge in [-0.25, -0.2) is 4.68 Å². The maximum Gasteiger partial charge on any atom is 0.255 e. The Morgan fingerprint density at radius 1 is 0.971 bits per heavy atom. The standard InChI is InChI=1S/C27H26N4O3/c1-19(26(32)28-17-20-10-5-3-6-11-20)29-27(33)24-18-31(22-13-7-4-8-14-22)30-25(24)21-12-9-15-23(16-21)34-2/h3-16,18-19H,17H2,1-2H3,(H,28,32)(H,29,33). The average molecular weight is 455 g/mol. The van der Waals surface area contributed by atoms with Crippen molar-refractivity contribution in [2.45, 2.75) is 19.5 Å². The summed E-state index contributed by atoms with van der Waals surface area (Å²) in [6.07, 6.45) is 1.67. The largest absolute Gasteiger partial charge is 0.497 e. The Bertz CT molecular complexity index is 1270. The summed E-state index contributed by atoms with van der Waals surface area (Å²) in [7, 11) is 1.59. The first kappa shape index (κ1) is 22.8. The number of nitrogens with zero attached hydrogens (tertiary/aromatic N) is 2. The molecule has 0 aliphatic carbocycles. The number of hydrogen-bond donors (Lipinski definition) is 2. The van der Waals surface area contributed by atoms with E-state index in [2.05, 4.69) is 15.7 Å². The van der Waals surface area contributed by atoms with E-state index in [0.717, 1.165) is 16.8 Å². The van der Waals surface area contributed by atoms with Gasteiger partial charge in [0.15, 0.2) is 0 Å². The Morgan fingerprint density at radius 2 is 1.68 bits per heavy atom. The van der Waals surface area contributed by atoms with Crippen molar-refractivity contribution in [1.82, 2.24) is 20.4 Å². The van der Waals surface area contributed by atoms with Crippen LogP contribution < -0.4 is 15.4 Å². The molecule has 0 aliphatic rings. The van der Waals surface area contributed by atoms with Gasteiger partial charge < -0.3 is 15.4 Å². The lowest BCUT2D eigenvalue weighted by Crippen LogP contribution is -2.44. The van der Waals surface area contributed by atoms with E-state index in [9.17, 15) is 9.59 Å². The van der Waals surface area contributed by atoms with Crippen LogP contribution in [0.3, 0.4) is 0 Å². The fourth-order valence-corrected chi connectivity index (χ4v) is 3.51. The molecular formula is C27H26N4O3. The first-order valence-corrected chi connectivity index (χ1v) is 11.0. The van der Waals surface area contributed by atoms with E-state index in [1.807, 2.05) is 84.9 Å². The number of rotatable bonds is 8. The third kappa shape index (κ3) is 5.32. The van der Waals surface area contributed by atoms with Crippen molar-refractivity contribution in [3.05, 3.63) is 102 Å². The number of carbonyl (C=O) groups excluding carboxylic acids is 2. The number of hydrogen-bond acceptors (Lipinski definition) is 4. The molecule has 172 valence electrons. The Labute approximate surface area is 198 Å². The maximum atomic E-state index is 13.3. The molecule has 0 spiro atoms. The summed E-state index contributed by atoms with van der Waals surface area (Å²) in [5.74, 6) is 0.00437. The Kier molecular flexibility index (Phi) is 7.03. The normalized spacial score (nSPS) is 11.5. The quantitative estimate of drug-likeness (QED) is 0.422. The molecule has 1 atom stereocenters. The molecule has 7 nitrogen and oxygen atoms in total. The van der Waals surface area contributed by atoms with Gasteiger partial charge in [-0.15, -0.1) is 0 Å². The highest BCUT2D eigenvalue weighted by atomic mass is 16.5. The highest BCUT2D eigenvalue weighted by Crippen LogP contribution is 2.27. The lowest BCUT2D eigenvalue weighted by molar-refractivity contribution is -0.122. The summed E-state index contributed by atoms with van der Waals surface area (Å²) < 4.78 is 7.00. The molecule has 0 radical (unpaired) electrons. The van der Waals surface area contributed by atoms with Crippen LogP contribution in [0.25, 0.3) is 16.9 Å². The minimum absolute atomic E-state index is 0.268. The van der Waals surface area contributed by atoms with E-state index >= 15 is 0 Å². The van der Waals surface area contributed by atoms with E-state index in [1.165, 1.54) is 0 Å². The molecule has 0 aliphatic heterocycles. The molecular weight excluding hydrogens is 428 g/mol. The molecule has 4 aromatic rings. The number of amides is 2. The average Bonchev–Trinajstić information content (AvgIpc) is 3.34. The monoisotopic (exact) mass is 454 g/mol. The Balaban J connectivity index is 1.57. The van der Waals surface area contributed by atoms with E-state index in [1.54, 1.807) is 24.9 Å². The van der Waals surface area contributed by atoms with Gasteiger partial charge in [0, 0.05) is 18.3 Å². The van der Waals surface area contributed by atoms with Crippen LogP contribution in [-0.2, 0) is 11.3 Å².